The molecule has 11 N–H and O–H groups in total. The predicted molar refractivity (Wildman–Crippen MR) is 253 cm³/mol. The van der Waals surface area contributed by atoms with Crippen LogP contribution in [0.4, 0.5) is 21.0 Å². The van der Waals surface area contributed by atoms with Gasteiger partial charge in [0.25, 0.3) is 0 Å². The number of imide groups is 1. The number of ether oxygens (including phenoxy) is 1. The summed E-state index contributed by atoms with van der Waals surface area (Å²) in [5.41, 5.74) is 14.7. The summed E-state index contributed by atoms with van der Waals surface area (Å²) < 4.78 is 5.34. The first kappa shape index (κ1) is 48.9. The van der Waals surface area contributed by atoms with Crippen molar-refractivity contribution in [1.29, 1.82) is 0 Å². The topological polar surface area (TPSA) is 264 Å². The maximum Gasteiger partial charge on any atom is 0.408 e. The number of fused-ring (bicyclic) bond motifs is 6. The van der Waals surface area contributed by atoms with Crippen LogP contribution in [0.1, 0.15) is 120 Å². The molecule has 3 aromatic rings. The van der Waals surface area contributed by atoms with Gasteiger partial charge in [-0.3, -0.25) is 24.5 Å². The van der Waals surface area contributed by atoms with Crippen LogP contribution in [0.5, 0.6) is 5.75 Å². The number of primary amides is 1. The summed E-state index contributed by atoms with van der Waals surface area (Å²) >= 11 is 0. The van der Waals surface area contributed by atoms with Crippen molar-refractivity contribution >= 4 is 47.1 Å². The van der Waals surface area contributed by atoms with Crippen molar-refractivity contribution in [1.82, 2.24) is 16.0 Å². The molecule has 0 heterocycles. The summed E-state index contributed by atoms with van der Waals surface area (Å²) in [6, 6.07) is 15.1. The minimum atomic E-state index is -1.32. The van der Waals surface area contributed by atoms with Crippen molar-refractivity contribution in [2.24, 2.45) is 34.1 Å². The van der Waals surface area contributed by atoms with Gasteiger partial charge in [-0.05, 0) is 151 Å². The van der Waals surface area contributed by atoms with Crippen molar-refractivity contribution in [3.8, 4) is 5.75 Å². The molecule has 4 aliphatic rings. The molecular formula is C51H67N7O9. The largest absolute Gasteiger partial charge is 0.508 e. The van der Waals surface area contributed by atoms with Gasteiger partial charge in [-0.1, -0.05) is 64.8 Å². The van der Waals surface area contributed by atoms with Gasteiger partial charge in [-0.25, -0.2) is 9.59 Å². The van der Waals surface area contributed by atoms with Crippen LogP contribution >= 0.6 is 0 Å². The number of hydrogen-bond donors (Lipinski definition) is 9. The molecule has 0 aliphatic heterocycles. The Kier molecular flexibility index (Phi) is 14.4. The highest BCUT2D eigenvalue weighted by Gasteiger charge is 2.58. The quantitative estimate of drug-likeness (QED) is 0.0704. The van der Waals surface area contributed by atoms with Crippen molar-refractivity contribution in [3.05, 3.63) is 88.5 Å². The lowest BCUT2D eigenvalue weighted by Crippen LogP contribution is -2.60. The third kappa shape index (κ3) is 10.0. The lowest BCUT2D eigenvalue weighted by atomic mass is 9.49. The monoisotopic (exact) mass is 922 g/mol. The van der Waals surface area contributed by atoms with Gasteiger partial charge in [-0.15, -0.1) is 0 Å². The molecule has 0 aromatic heterocycles. The van der Waals surface area contributed by atoms with Crippen LogP contribution in [-0.4, -0.2) is 71.2 Å². The van der Waals surface area contributed by atoms with Gasteiger partial charge in [-0.2, -0.15) is 0 Å². The summed E-state index contributed by atoms with van der Waals surface area (Å²) in [6.45, 7) is 7.89. The second-order valence-electron chi connectivity index (χ2n) is 20.2. The molecule has 7 amide bonds. The number of anilines is 2. The van der Waals surface area contributed by atoms with E-state index in [1.54, 1.807) is 36.4 Å². The molecular weight excluding hydrogens is 855 g/mol. The van der Waals surface area contributed by atoms with Crippen molar-refractivity contribution in [2.75, 3.05) is 23.8 Å². The van der Waals surface area contributed by atoms with E-state index in [-0.39, 0.29) is 41.4 Å². The number of hydrogen-bond acceptors (Lipinski definition) is 10. The Hall–Kier alpha value is -6.00. The fraction of sp³-hybridized carbons (Fsp3) is 0.529. The van der Waals surface area contributed by atoms with E-state index in [1.807, 2.05) is 38.1 Å². The minimum Gasteiger partial charge on any atom is -0.508 e. The lowest BCUT2D eigenvalue weighted by molar-refractivity contribution is -0.150. The third-order valence-corrected chi connectivity index (χ3v) is 15.9. The Bertz CT molecular complexity index is 2390. The number of carbonyl (C=O) groups is 6. The van der Waals surface area contributed by atoms with Gasteiger partial charge in [0.1, 0.15) is 18.4 Å². The normalized spacial score (nSPS) is 27.0. The number of urea groups is 1. The van der Waals surface area contributed by atoms with Gasteiger partial charge in [0.2, 0.25) is 23.6 Å². The Morgan fingerprint density at radius 1 is 0.746 bits per heavy atom. The number of aliphatic hydroxyl groups is 1. The van der Waals surface area contributed by atoms with Crippen molar-refractivity contribution in [3.63, 3.8) is 0 Å². The first-order valence-electron chi connectivity index (χ1n) is 23.7. The number of phenols is 1. The Morgan fingerprint density at radius 3 is 1.88 bits per heavy atom. The zero-order chi connectivity index (χ0) is 48.3. The van der Waals surface area contributed by atoms with Crippen molar-refractivity contribution in [2.45, 2.75) is 134 Å². The van der Waals surface area contributed by atoms with Gasteiger partial charge >= 0.3 is 12.1 Å². The number of alkyl carbamates (subject to hydrolysis) is 1. The number of benzene rings is 3. The summed E-state index contributed by atoms with van der Waals surface area (Å²) in [5, 5.41) is 34.0. The van der Waals surface area contributed by atoms with Crippen molar-refractivity contribution < 1.29 is 43.7 Å². The van der Waals surface area contributed by atoms with Gasteiger partial charge in [0.05, 0.1) is 23.5 Å². The van der Waals surface area contributed by atoms with E-state index < -0.39 is 58.9 Å². The maximum absolute atomic E-state index is 14.6. The molecule has 2 saturated carbocycles. The molecule has 2 fully saturated rings. The zero-order valence-corrected chi connectivity index (χ0v) is 39.1. The highest BCUT2D eigenvalue weighted by molar-refractivity contribution is 6.01. The lowest BCUT2D eigenvalue weighted by Gasteiger charge is -2.56. The first-order valence-corrected chi connectivity index (χ1v) is 23.7. The number of phenolic OH excluding ortho intramolecular Hbond substituents is 1. The molecule has 8 atom stereocenters. The van der Waals surface area contributed by atoms with E-state index in [9.17, 15) is 39.0 Å². The summed E-state index contributed by atoms with van der Waals surface area (Å²) in [5.74, 6) is -1.34. The molecule has 0 spiro atoms. The number of rotatable bonds is 14. The van der Waals surface area contributed by atoms with Crippen LogP contribution in [0.25, 0.3) is 0 Å². The van der Waals surface area contributed by atoms with Crippen LogP contribution in [0, 0.1) is 22.7 Å². The molecule has 0 unspecified atom stereocenters. The van der Waals surface area contributed by atoms with E-state index in [0.29, 0.717) is 49.2 Å². The zero-order valence-electron chi connectivity index (χ0n) is 39.1. The number of aryl methyl sites for hydroxylation is 2. The van der Waals surface area contributed by atoms with E-state index in [1.165, 1.54) is 5.56 Å². The number of nitrogens with one attached hydrogen (secondary N) is 5. The minimum absolute atomic E-state index is 0.0118. The molecule has 16 heteroatoms. The highest BCUT2D eigenvalue weighted by Crippen LogP contribution is 2.60. The number of aliphatic hydroxyl groups excluding tert-OH is 1. The van der Waals surface area contributed by atoms with E-state index in [2.05, 4.69) is 40.4 Å². The van der Waals surface area contributed by atoms with E-state index >= 15 is 0 Å². The summed E-state index contributed by atoms with van der Waals surface area (Å²) in [7, 11) is 0. The Morgan fingerprint density at radius 2 is 1.30 bits per heavy atom. The fourth-order valence-corrected chi connectivity index (χ4v) is 12.3. The fourth-order valence-electron chi connectivity index (χ4n) is 12.3. The molecule has 360 valence electrons. The molecule has 67 heavy (non-hydrogen) atoms. The standard InChI is InChI=1S/C51H67N7O9/c1-48-21-6-23-50(3,44(63)58-45(64)51(4)24-7-22-49(2)37-27-35(60)18-12-32(37)14-20-41(49)51)40(48)19-13-31-11-17-34(26-36(31)48)56-43(62)39(28-59)57-47(66)67-29-30-9-15-33(16-10-30)55-42(61)38(52)8-5-25-54-46(53)65/h9-12,15-18,26-27,38-41,59-60H,5-8,13-14,19-25,28-29,52H2,1-4H3,(H,55,61)(H,56,62)(H,57,66)(H3,53,54,65)(H,58,63,64)/t38-,39-,40+,41+,48+,49+,50-,51-/m0/s1. The van der Waals surface area contributed by atoms with Crippen LogP contribution < -0.4 is 38.1 Å². The summed E-state index contributed by atoms with van der Waals surface area (Å²) in [6.07, 6.45) is 7.71. The second-order valence-corrected chi connectivity index (χ2v) is 20.2. The average molecular weight is 922 g/mol. The third-order valence-electron chi connectivity index (χ3n) is 15.9. The van der Waals surface area contributed by atoms with E-state index in [0.717, 1.165) is 68.1 Å². The number of amides is 7. The maximum atomic E-state index is 14.6. The van der Waals surface area contributed by atoms with Crippen LogP contribution in [-0.2, 0) is 54.2 Å². The molecule has 0 bridgehead atoms. The highest BCUT2D eigenvalue weighted by atomic mass is 16.5. The smallest absolute Gasteiger partial charge is 0.408 e. The van der Waals surface area contributed by atoms with E-state index in [4.69, 9.17) is 16.2 Å². The summed E-state index contributed by atoms with van der Waals surface area (Å²) in [4.78, 5) is 78.7. The average Bonchev–Trinajstić information content (AvgIpc) is 3.29. The Balaban J connectivity index is 0.948. The molecule has 0 radical (unpaired) electrons. The molecule has 7 rings (SSSR count). The molecule has 0 saturated heterocycles. The molecule has 4 aliphatic carbocycles. The predicted octanol–water partition coefficient (Wildman–Crippen LogP) is 5.70. The van der Waals surface area contributed by atoms with Crippen LogP contribution in [0.2, 0.25) is 0 Å². The van der Waals surface area contributed by atoms with Crippen LogP contribution in [0.15, 0.2) is 60.7 Å². The SMILES string of the molecule is C[C@]1(C(=O)NC(=O)[C@@]2(C)CCC[C@]3(C)c4cc(NC(=O)[C@H](CO)NC(=O)OCc5ccc(NC(=O)[C@@H](N)CCCNC(N)=O)cc5)ccc4CC[C@@H]23)CCC[C@]2(C)c3cc(O)ccc3CC[C@@H]12. The molecule has 3 aromatic carbocycles. The van der Waals surface area contributed by atoms with Gasteiger partial charge in [0.15, 0.2) is 0 Å². The Labute approximate surface area is 392 Å². The van der Waals surface area contributed by atoms with Crippen LogP contribution in [0.3, 0.4) is 0 Å². The number of aromatic hydroxyl groups is 1. The number of nitrogens with two attached hydrogens (primary N) is 2. The molecule has 16 nitrogen and oxygen atoms in total. The van der Waals surface area contributed by atoms with Gasteiger partial charge < -0.3 is 47.7 Å². The van der Waals surface area contributed by atoms with Gasteiger partial charge in [0, 0.05) is 17.9 Å². The second kappa shape index (κ2) is 19.7. The first-order chi connectivity index (χ1) is 31.8. The number of carbonyl (C=O) groups excluding carboxylic acids is 6.